The first kappa shape index (κ1) is 15.5. The maximum atomic E-state index is 11.7. The second-order valence-corrected chi connectivity index (χ2v) is 6.59. The Labute approximate surface area is 140 Å². The van der Waals surface area contributed by atoms with E-state index in [1.54, 1.807) is 18.2 Å². The Morgan fingerprint density at radius 1 is 1.09 bits per heavy atom. The molecular weight excluding hydrogens is 357 g/mol. The fourth-order valence-electron chi connectivity index (χ4n) is 2.11. The molecule has 0 bridgehead atoms. The number of ether oxygens (including phenoxy) is 2. The SMILES string of the molecule is COC(=O)c1ccccc1OCc1c[se]c(-c2ccccc2)n1. The van der Waals surface area contributed by atoms with Crippen molar-refractivity contribution in [2.45, 2.75) is 6.61 Å². The summed E-state index contributed by atoms with van der Waals surface area (Å²) >= 11 is 0.210. The van der Waals surface area contributed by atoms with Gasteiger partial charge in [-0.1, -0.05) is 0 Å². The summed E-state index contributed by atoms with van der Waals surface area (Å²) in [5, 5.41) is 0. The van der Waals surface area contributed by atoms with Gasteiger partial charge in [0.1, 0.15) is 0 Å². The van der Waals surface area contributed by atoms with E-state index in [0.717, 1.165) is 15.8 Å². The molecule has 0 unspecified atom stereocenters. The second-order valence-electron chi connectivity index (χ2n) is 4.79. The molecular formula is C18H15NO3Se. The van der Waals surface area contributed by atoms with Crippen molar-refractivity contribution >= 4 is 20.5 Å². The van der Waals surface area contributed by atoms with Crippen LogP contribution in [0, 0.1) is 0 Å². The Morgan fingerprint density at radius 3 is 2.61 bits per heavy atom. The molecule has 0 atom stereocenters. The fourth-order valence-corrected chi connectivity index (χ4v) is 3.81. The normalized spacial score (nSPS) is 10.3. The molecule has 1 heterocycles. The predicted octanol–water partition coefficient (Wildman–Crippen LogP) is 3.17. The number of hydrogen-bond acceptors (Lipinski definition) is 4. The molecule has 116 valence electrons. The molecule has 0 saturated carbocycles. The molecule has 0 aliphatic rings. The quantitative estimate of drug-likeness (QED) is 0.510. The fraction of sp³-hybridized carbons (Fsp3) is 0.111. The number of benzene rings is 2. The summed E-state index contributed by atoms with van der Waals surface area (Å²) in [4.78, 5) is 18.5. The van der Waals surface area contributed by atoms with E-state index in [1.165, 1.54) is 7.11 Å². The molecule has 5 heteroatoms. The molecule has 0 aliphatic carbocycles. The Bertz CT molecular complexity index is 799. The third-order valence-corrected chi connectivity index (χ3v) is 5.21. The summed E-state index contributed by atoms with van der Waals surface area (Å²) in [5.41, 5.74) is 2.46. The van der Waals surface area contributed by atoms with E-state index in [-0.39, 0.29) is 14.5 Å². The van der Waals surface area contributed by atoms with E-state index in [9.17, 15) is 4.79 Å². The number of carbonyl (C=O) groups excluding carboxylic acids is 1. The van der Waals surface area contributed by atoms with Gasteiger partial charge in [-0.25, -0.2) is 0 Å². The van der Waals surface area contributed by atoms with Gasteiger partial charge < -0.3 is 0 Å². The summed E-state index contributed by atoms with van der Waals surface area (Å²) in [7, 11) is 1.36. The van der Waals surface area contributed by atoms with Gasteiger partial charge >= 0.3 is 140 Å². The van der Waals surface area contributed by atoms with Crippen LogP contribution in [0.3, 0.4) is 0 Å². The van der Waals surface area contributed by atoms with Gasteiger partial charge in [0.25, 0.3) is 0 Å². The molecule has 0 saturated heterocycles. The van der Waals surface area contributed by atoms with Gasteiger partial charge in [0.2, 0.25) is 0 Å². The molecule has 3 rings (SSSR count). The number of para-hydroxylation sites is 1. The molecule has 3 aromatic rings. The van der Waals surface area contributed by atoms with Crippen molar-refractivity contribution in [3.63, 3.8) is 0 Å². The first-order valence-electron chi connectivity index (χ1n) is 7.08. The van der Waals surface area contributed by atoms with Gasteiger partial charge in [-0.15, -0.1) is 0 Å². The van der Waals surface area contributed by atoms with Crippen LogP contribution < -0.4 is 4.74 Å². The van der Waals surface area contributed by atoms with E-state index < -0.39 is 5.97 Å². The number of esters is 1. The summed E-state index contributed by atoms with van der Waals surface area (Å²) in [6.07, 6.45) is 0. The van der Waals surface area contributed by atoms with Crippen LogP contribution in [-0.4, -0.2) is 32.6 Å². The average Bonchev–Trinajstić information content (AvgIpc) is 3.09. The van der Waals surface area contributed by atoms with E-state index in [2.05, 4.69) is 22.1 Å². The molecule has 23 heavy (non-hydrogen) atoms. The minimum atomic E-state index is -0.404. The van der Waals surface area contributed by atoms with E-state index in [0.29, 0.717) is 17.9 Å². The number of hydrogen-bond donors (Lipinski definition) is 0. The van der Waals surface area contributed by atoms with Gasteiger partial charge in [-0.3, -0.25) is 0 Å². The maximum absolute atomic E-state index is 11.7. The molecule has 0 radical (unpaired) electrons. The molecule has 0 fully saturated rings. The average molecular weight is 372 g/mol. The third kappa shape index (κ3) is 3.70. The van der Waals surface area contributed by atoms with Crippen molar-refractivity contribution in [2.24, 2.45) is 0 Å². The molecule has 0 N–H and O–H groups in total. The molecule has 0 spiro atoms. The second kappa shape index (κ2) is 7.27. The van der Waals surface area contributed by atoms with Crippen LogP contribution in [-0.2, 0) is 11.3 Å². The van der Waals surface area contributed by atoms with Gasteiger partial charge in [-0.2, -0.15) is 0 Å². The standard InChI is InChI=1S/C18H15NO3Se/c1-21-18(20)15-9-5-6-10-16(15)22-11-14-12-23-17(19-14)13-7-3-2-4-8-13/h2-10,12H,11H2,1H3. The predicted molar refractivity (Wildman–Crippen MR) is 88.7 cm³/mol. The molecule has 0 amide bonds. The van der Waals surface area contributed by atoms with E-state index in [4.69, 9.17) is 9.47 Å². The molecule has 2 aromatic carbocycles. The Morgan fingerprint density at radius 2 is 1.83 bits per heavy atom. The van der Waals surface area contributed by atoms with Crippen LogP contribution in [0.5, 0.6) is 5.75 Å². The van der Waals surface area contributed by atoms with Crippen molar-refractivity contribution in [3.05, 3.63) is 70.8 Å². The molecule has 4 nitrogen and oxygen atoms in total. The summed E-state index contributed by atoms with van der Waals surface area (Å²) in [6, 6.07) is 17.2. The van der Waals surface area contributed by atoms with Crippen molar-refractivity contribution in [2.75, 3.05) is 7.11 Å². The number of aromatic nitrogens is 1. The number of carbonyl (C=O) groups is 1. The van der Waals surface area contributed by atoms with Gasteiger partial charge in [0.15, 0.2) is 0 Å². The van der Waals surface area contributed by atoms with E-state index >= 15 is 0 Å². The summed E-state index contributed by atoms with van der Waals surface area (Å²) in [6.45, 7) is 0.339. The van der Waals surface area contributed by atoms with Crippen LogP contribution >= 0.6 is 0 Å². The van der Waals surface area contributed by atoms with Crippen LogP contribution in [0.2, 0.25) is 0 Å². The summed E-state index contributed by atoms with van der Waals surface area (Å²) < 4.78 is 11.6. The zero-order valence-electron chi connectivity index (χ0n) is 12.6. The van der Waals surface area contributed by atoms with Crippen molar-refractivity contribution < 1.29 is 14.3 Å². The minimum absolute atomic E-state index is 0.210. The first-order valence-corrected chi connectivity index (χ1v) is 8.92. The van der Waals surface area contributed by atoms with E-state index in [1.807, 2.05) is 24.3 Å². The molecule has 1 aromatic heterocycles. The Kier molecular flexibility index (Phi) is 4.91. The van der Waals surface area contributed by atoms with Crippen molar-refractivity contribution in [3.8, 4) is 15.9 Å². The zero-order chi connectivity index (χ0) is 16.1. The zero-order valence-corrected chi connectivity index (χ0v) is 14.3. The van der Waals surface area contributed by atoms with Gasteiger partial charge in [0, 0.05) is 0 Å². The van der Waals surface area contributed by atoms with Crippen LogP contribution in [0.15, 0.2) is 59.5 Å². The first-order chi connectivity index (χ1) is 11.3. The number of methoxy groups -OCH3 is 1. The topological polar surface area (TPSA) is 48.4 Å². The van der Waals surface area contributed by atoms with Gasteiger partial charge in [0.05, 0.1) is 0 Å². The van der Waals surface area contributed by atoms with Crippen LogP contribution in [0.1, 0.15) is 16.1 Å². The molecule has 0 aliphatic heterocycles. The third-order valence-electron chi connectivity index (χ3n) is 3.24. The number of nitrogens with zero attached hydrogens (tertiary/aromatic N) is 1. The summed E-state index contributed by atoms with van der Waals surface area (Å²) in [5.74, 6) is 0.106. The Hall–Kier alpha value is -2.36. The van der Waals surface area contributed by atoms with Crippen LogP contribution in [0.25, 0.3) is 10.1 Å². The van der Waals surface area contributed by atoms with Gasteiger partial charge in [-0.05, 0) is 0 Å². The monoisotopic (exact) mass is 373 g/mol. The van der Waals surface area contributed by atoms with Crippen molar-refractivity contribution in [1.29, 1.82) is 0 Å². The Balaban J connectivity index is 1.73. The van der Waals surface area contributed by atoms with Crippen molar-refractivity contribution in [1.82, 2.24) is 4.98 Å². The van der Waals surface area contributed by atoms with Crippen LogP contribution in [0.4, 0.5) is 0 Å². The number of rotatable bonds is 5.